The first-order valence-corrected chi connectivity index (χ1v) is 8.62. The average Bonchev–Trinajstić information content (AvgIpc) is 3.02. The fourth-order valence-electron chi connectivity index (χ4n) is 2.69. The highest BCUT2D eigenvalue weighted by Crippen LogP contribution is 2.26. The molecule has 3 rings (SSSR count). The summed E-state index contributed by atoms with van der Waals surface area (Å²) in [5.41, 5.74) is 5.60. The smallest absolute Gasteiger partial charge is 0.271 e. The molecule has 0 saturated carbocycles. The number of hydrogen-bond acceptors (Lipinski definition) is 3. The third kappa shape index (κ3) is 3.98. The molecule has 0 bridgehead atoms. The molecule has 1 aliphatic heterocycles. The van der Waals surface area contributed by atoms with E-state index in [1.54, 1.807) is 48.5 Å². The monoisotopic (exact) mass is 391 g/mol. The normalized spacial score (nSPS) is 16.5. The van der Waals surface area contributed by atoms with E-state index in [1.807, 2.05) is 0 Å². The maximum absolute atomic E-state index is 12.3. The molecule has 1 fully saturated rings. The topological polar surface area (TPSA) is 78.5 Å². The second-order valence-electron chi connectivity index (χ2n) is 5.81. The van der Waals surface area contributed by atoms with E-state index in [0.717, 1.165) is 0 Å². The zero-order valence-electron chi connectivity index (χ0n) is 13.5. The number of carbonyl (C=O) groups excluding carboxylic acids is 3. The van der Waals surface area contributed by atoms with Crippen molar-refractivity contribution in [3.05, 3.63) is 64.1 Å². The molecular formula is C18H15Cl2N3O3. The molecule has 0 aromatic heterocycles. The lowest BCUT2D eigenvalue weighted by Gasteiger charge is -2.17. The molecule has 2 aromatic carbocycles. The van der Waals surface area contributed by atoms with Crippen molar-refractivity contribution in [3.8, 4) is 0 Å². The molecule has 0 spiro atoms. The largest absolute Gasteiger partial charge is 0.312 e. The Hall–Kier alpha value is -2.57. The lowest BCUT2D eigenvalue weighted by Crippen LogP contribution is -2.45. The van der Waals surface area contributed by atoms with Crippen LogP contribution in [0.5, 0.6) is 0 Å². The van der Waals surface area contributed by atoms with Gasteiger partial charge in [-0.2, -0.15) is 0 Å². The van der Waals surface area contributed by atoms with E-state index in [9.17, 15) is 14.4 Å². The summed E-state index contributed by atoms with van der Waals surface area (Å²) in [5, 5.41) is 0.848. The van der Waals surface area contributed by atoms with Crippen LogP contribution in [0, 0.1) is 5.92 Å². The van der Waals surface area contributed by atoms with Crippen LogP contribution in [0.15, 0.2) is 48.5 Å². The van der Waals surface area contributed by atoms with Crippen LogP contribution in [0.3, 0.4) is 0 Å². The highest BCUT2D eigenvalue weighted by molar-refractivity contribution is 6.33. The van der Waals surface area contributed by atoms with E-state index in [-0.39, 0.29) is 29.5 Å². The number of amides is 3. The Morgan fingerprint density at radius 1 is 1.00 bits per heavy atom. The van der Waals surface area contributed by atoms with Crippen LogP contribution in [0.25, 0.3) is 0 Å². The van der Waals surface area contributed by atoms with Crippen molar-refractivity contribution in [1.82, 2.24) is 10.9 Å². The van der Waals surface area contributed by atoms with Gasteiger partial charge in [-0.05, 0) is 36.4 Å². The first-order valence-electron chi connectivity index (χ1n) is 7.86. The van der Waals surface area contributed by atoms with E-state index < -0.39 is 17.7 Å². The molecule has 1 unspecified atom stereocenters. The van der Waals surface area contributed by atoms with Crippen molar-refractivity contribution < 1.29 is 14.4 Å². The number of halogens is 2. The van der Waals surface area contributed by atoms with Gasteiger partial charge in [0.25, 0.3) is 5.91 Å². The SMILES string of the molecule is O=C(NNC(=O)C1CC(=O)N(c2ccc(Cl)cc2)C1)c1ccccc1Cl. The van der Waals surface area contributed by atoms with Crippen LogP contribution in [-0.2, 0) is 9.59 Å². The summed E-state index contributed by atoms with van der Waals surface area (Å²) in [6.45, 7) is 0.230. The molecule has 134 valence electrons. The Morgan fingerprint density at radius 2 is 1.69 bits per heavy atom. The van der Waals surface area contributed by atoms with Gasteiger partial charge in [0.2, 0.25) is 11.8 Å². The van der Waals surface area contributed by atoms with E-state index in [0.29, 0.717) is 10.7 Å². The van der Waals surface area contributed by atoms with Crippen LogP contribution < -0.4 is 15.8 Å². The van der Waals surface area contributed by atoms with Gasteiger partial charge in [-0.25, -0.2) is 0 Å². The fourth-order valence-corrected chi connectivity index (χ4v) is 3.03. The number of rotatable bonds is 3. The molecule has 0 aliphatic carbocycles. The number of nitrogens with zero attached hydrogens (tertiary/aromatic N) is 1. The van der Waals surface area contributed by atoms with Crippen molar-refractivity contribution in [2.24, 2.45) is 5.92 Å². The Balaban J connectivity index is 1.59. The Morgan fingerprint density at radius 3 is 2.38 bits per heavy atom. The fraction of sp³-hybridized carbons (Fsp3) is 0.167. The molecule has 3 amide bonds. The maximum Gasteiger partial charge on any atom is 0.271 e. The lowest BCUT2D eigenvalue weighted by atomic mass is 10.1. The van der Waals surface area contributed by atoms with E-state index >= 15 is 0 Å². The summed E-state index contributed by atoms with van der Waals surface area (Å²) in [6.07, 6.45) is 0.0659. The second kappa shape index (κ2) is 7.76. The van der Waals surface area contributed by atoms with Crippen molar-refractivity contribution in [3.63, 3.8) is 0 Å². The van der Waals surface area contributed by atoms with Gasteiger partial charge in [0.05, 0.1) is 16.5 Å². The molecule has 0 radical (unpaired) electrons. The van der Waals surface area contributed by atoms with Gasteiger partial charge in [-0.1, -0.05) is 35.3 Å². The molecule has 2 aromatic rings. The van der Waals surface area contributed by atoms with Crippen molar-refractivity contribution in [1.29, 1.82) is 0 Å². The van der Waals surface area contributed by atoms with Gasteiger partial charge in [0, 0.05) is 23.7 Å². The third-order valence-corrected chi connectivity index (χ3v) is 4.63. The molecule has 26 heavy (non-hydrogen) atoms. The number of anilines is 1. The summed E-state index contributed by atoms with van der Waals surface area (Å²) in [6, 6.07) is 13.3. The van der Waals surface area contributed by atoms with Crippen LogP contribution in [0.1, 0.15) is 16.8 Å². The highest BCUT2D eigenvalue weighted by Gasteiger charge is 2.35. The van der Waals surface area contributed by atoms with Gasteiger partial charge in [0.15, 0.2) is 0 Å². The zero-order valence-corrected chi connectivity index (χ0v) is 15.1. The minimum absolute atomic E-state index is 0.0659. The average molecular weight is 392 g/mol. The van der Waals surface area contributed by atoms with E-state index in [4.69, 9.17) is 23.2 Å². The zero-order chi connectivity index (χ0) is 18.7. The first-order chi connectivity index (χ1) is 12.5. The third-order valence-electron chi connectivity index (χ3n) is 4.05. The second-order valence-corrected chi connectivity index (χ2v) is 6.65. The number of benzene rings is 2. The van der Waals surface area contributed by atoms with E-state index in [1.165, 1.54) is 4.90 Å². The number of carbonyl (C=O) groups is 3. The Bertz CT molecular complexity index is 855. The molecule has 1 aliphatic rings. The number of hydrazine groups is 1. The molecule has 1 heterocycles. The number of nitrogens with one attached hydrogen (secondary N) is 2. The van der Waals surface area contributed by atoms with Gasteiger partial charge >= 0.3 is 0 Å². The van der Waals surface area contributed by atoms with Crippen molar-refractivity contribution >= 4 is 46.6 Å². The predicted octanol–water partition coefficient (Wildman–Crippen LogP) is 2.81. The minimum atomic E-state index is -0.565. The molecule has 2 N–H and O–H groups in total. The van der Waals surface area contributed by atoms with Crippen LogP contribution >= 0.6 is 23.2 Å². The van der Waals surface area contributed by atoms with Gasteiger partial charge < -0.3 is 4.90 Å². The first kappa shape index (κ1) is 18.2. The minimum Gasteiger partial charge on any atom is -0.312 e. The maximum atomic E-state index is 12.3. The molecule has 1 saturated heterocycles. The summed E-state index contributed by atoms with van der Waals surface area (Å²) >= 11 is 11.8. The molecule has 6 nitrogen and oxygen atoms in total. The van der Waals surface area contributed by atoms with E-state index in [2.05, 4.69) is 10.9 Å². The standard InChI is InChI=1S/C18H15Cl2N3O3/c19-12-5-7-13(8-6-12)23-10-11(9-16(23)24)17(25)21-22-18(26)14-3-1-2-4-15(14)20/h1-8,11H,9-10H2,(H,21,25)(H,22,26). The van der Waals surface area contributed by atoms with Crippen LogP contribution in [-0.4, -0.2) is 24.3 Å². The number of hydrogen-bond donors (Lipinski definition) is 2. The molecule has 1 atom stereocenters. The molecule has 8 heteroatoms. The van der Waals surface area contributed by atoms with Crippen LogP contribution in [0.4, 0.5) is 5.69 Å². The summed E-state index contributed by atoms with van der Waals surface area (Å²) < 4.78 is 0. The summed E-state index contributed by atoms with van der Waals surface area (Å²) in [7, 11) is 0. The lowest BCUT2D eigenvalue weighted by molar-refractivity contribution is -0.126. The quantitative estimate of drug-likeness (QED) is 0.789. The summed E-state index contributed by atoms with van der Waals surface area (Å²) in [4.78, 5) is 38.1. The molecular weight excluding hydrogens is 377 g/mol. The van der Waals surface area contributed by atoms with Crippen molar-refractivity contribution in [2.75, 3.05) is 11.4 Å². The van der Waals surface area contributed by atoms with Crippen molar-refractivity contribution in [2.45, 2.75) is 6.42 Å². The Labute approximate surface area is 160 Å². The highest BCUT2D eigenvalue weighted by atomic mass is 35.5. The van der Waals surface area contributed by atoms with Gasteiger partial charge in [-0.15, -0.1) is 0 Å². The summed E-state index contributed by atoms with van der Waals surface area (Å²) in [5.74, 6) is -1.69. The van der Waals surface area contributed by atoms with Gasteiger partial charge in [-0.3, -0.25) is 25.2 Å². The Kier molecular flexibility index (Phi) is 5.44. The van der Waals surface area contributed by atoms with Crippen LogP contribution in [0.2, 0.25) is 10.0 Å². The van der Waals surface area contributed by atoms with Gasteiger partial charge in [0.1, 0.15) is 0 Å². The predicted molar refractivity (Wildman–Crippen MR) is 99.0 cm³/mol.